The molecule has 10 heteroatoms. The second-order valence-electron chi connectivity index (χ2n) is 6.58. The number of rotatable bonds is 9. The van der Waals surface area contributed by atoms with Crippen molar-refractivity contribution in [1.82, 2.24) is 10.6 Å². The number of nitrogens with one attached hydrogen (secondary N) is 2. The summed E-state index contributed by atoms with van der Waals surface area (Å²) >= 11 is 0. The van der Waals surface area contributed by atoms with Crippen molar-refractivity contribution in [2.24, 2.45) is 5.11 Å². The summed E-state index contributed by atoms with van der Waals surface area (Å²) in [5.74, 6) is -2.16. The number of amides is 2. The molecule has 0 unspecified atom stereocenters. The van der Waals surface area contributed by atoms with Crippen LogP contribution in [0.15, 0.2) is 47.6 Å². The van der Waals surface area contributed by atoms with Crippen LogP contribution in [0.1, 0.15) is 38.3 Å². The molecule has 0 saturated carbocycles. The Bertz CT molecular complexity index is 980. The largest absolute Gasteiger partial charge is 0.507 e. The molecule has 30 heavy (non-hydrogen) atoms. The molecule has 1 atom stereocenters. The smallest absolute Gasteiger partial charge is 0.305 e. The zero-order valence-electron chi connectivity index (χ0n) is 16.2. The fourth-order valence-electron chi connectivity index (χ4n) is 2.66. The van der Waals surface area contributed by atoms with E-state index in [2.05, 4.69) is 20.7 Å². The van der Waals surface area contributed by atoms with Crippen molar-refractivity contribution < 1.29 is 24.6 Å². The predicted molar refractivity (Wildman–Crippen MR) is 108 cm³/mol. The number of aryl methyl sites for hydroxylation is 1. The predicted octanol–water partition coefficient (Wildman–Crippen LogP) is 2.51. The second-order valence-corrected chi connectivity index (χ2v) is 6.58. The number of phenolic OH excluding ortho intramolecular Hbond substituents is 1. The molecule has 0 fully saturated rings. The Morgan fingerprint density at radius 1 is 1.13 bits per heavy atom. The molecule has 156 valence electrons. The number of benzene rings is 2. The highest BCUT2D eigenvalue weighted by Gasteiger charge is 2.16. The summed E-state index contributed by atoms with van der Waals surface area (Å²) in [6.07, 6.45) is -0.374. The normalized spacial score (nSPS) is 11.1. The number of azide groups is 1. The third-order valence-electron chi connectivity index (χ3n) is 4.19. The summed E-state index contributed by atoms with van der Waals surface area (Å²) < 4.78 is 0. The summed E-state index contributed by atoms with van der Waals surface area (Å²) in [5, 5.41) is 27.2. The van der Waals surface area contributed by atoms with E-state index < -0.39 is 23.8 Å². The lowest BCUT2D eigenvalue weighted by Crippen LogP contribution is -2.38. The van der Waals surface area contributed by atoms with Crippen LogP contribution in [0.3, 0.4) is 0 Å². The average Bonchev–Trinajstić information content (AvgIpc) is 2.71. The standard InChI is InChI=1S/C20H21N5O5/c1-12-2-7-17(26)16(8-12)20(30)22-10-13-3-5-14(6-4-13)19(29)24-15(9-18(27)28)11-23-25-21/h2-8,15,26H,9-11H2,1H3,(H,22,30)(H,24,29)(H,27,28)/t15-/m0/s1. The van der Waals surface area contributed by atoms with Crippen molar-refractivity contribution in [3.8, 4) is 5.75 Å². The topological polar surface area (TPSA) is 164 Å². The number of carbonyl (C=O) groups is 3. The lowest BCUT2D eigenvalue weighted by Gasteiger charge is -2.14. The van der Waals surface area contributed by atoms with Gasteiger partial charge in [0.15, 0.2) is 0 Å². The maximum absolute atomic E-state index is 12.3. The molecular weight excluding hydrogens is 390 g/mol. The van der Waals surface area contributed by atoms with Gasteiger partial charge in [-0.25, -0.2) is 0 Å². The van der Waals surface area contributed by atoms with Crippen LogP contribution in [-0.2, 0) is 11.3 Å². The number of aliphatic carboxylic acids is 1. The van der Waals surface area contributed by atoms with E-state index in [9.17, 15) is 19.5 Å². The lowest BCUT2D eigenvalue weighted by atomic mass is 10.1. The van der Waals surface area contributed by atoms with Gasteiger partial charge in [-0.05, 0) is 42.3 Å². The molecule has 0 saturated heterocycles. The van der Waals surface area contributed by atoms with Crippen LogP contribution < -0.4 is 10.6 Å². The Morgan fingerprint density at radius 2 is 1.83 bits per heavy atom. The van der Waals surface area contributed by atoms with Gasteiger partial charge in [0.05, 0.1) is 12.0 Å². The van der Waals surface area contributed by atoms with E-state index in [0.717, 1.165) is 11.1 Å². The second kappa shape index (κ2) is 10.5. The van der Waals surface area contributed by atoms with Crippen molar-refractivity contribution in [3.63, 3.8) is 0 Å². The quantitative estimate of drug-likeness (QED) is 0.282. The molecule has 2 amide bonds. The van der Waals surface area contributed by atoms with Crippen molar-refractivity contribution in [2.45, 2.75) is 25.9 Å². The number of aromatic hydroxyl groups is 1. The fourth-order valence-corrected chi connectivity index (χ4v) is 2.66. The summed E-state index contributed by atoms with van der Waals surface area (Å²) in [4.78, 5) is 38.0. The summed E-state index contributed by atoms with van der Waals surface area (Å²) in [7, 11) is 0. The molecule has 0 aliphatic heterocycles. The zero-order valence-corrected chi connectivity index (χ0v) is 16.2. The Labute approximate surface area is 172 Å². The van der Waals surface area contributed by atoms with Gasteiger partial charge >= 0.3 is 5.97 Å². The first kappa shape index (κ1) is 22.3. The van der Waals surface area contributed by atoms with Crippen LogP contribution in [0.5, 0.6) is 5.75 Å². The average molecular weight is 411 g/mol. The molecule has 0 aromatic heterocycles. The number of carboxylic acids is 1. The van der Waals surface area contributed by atoms with Crippen molar-refractivity contribution in [1.29, 1.82) is 0 Å². The number of hydrogen-bond acceptors (Lipinski definition) is 5. The van der Waals surface area contributed by atoms with Gasteiger partial charge in [-0.3, -0.25) is 14.4 Å². The van der Waals surface area contributed by atoms with Gasteiger partial charge in [-0.2, -0.15) is 0 Å². The maximum atomic E-state index is 12.3. The number of carboxylic acid groups (broad SMARTS) is 1. The summed E-state index contributed by atoms with van der Waals surface area (Å²) in [6, 6.07) is 10.3. The number of carbonyl (C=O) groups excluding carboxylic acids is 2. The number of hydrogen-bond donors (Lipinski definition) is 4. The van der Waals surface area contributed by atoms with E-state index >= 15 is 0 Å². The molecule has 4 N–H and O–H groups in total. The Morgan fingerprint density at radius 3 is 2.47 bits per heavy atom. The van der Waals surface area contributed by atoms with Crippen LogP contribution in [-0.4, -0.2) is 40.6 Å². The van der Waals surface area contributed by atoms with E-state index in [4.69, 9.17) is 10.6 Å². The van der Waals surface area contributed by atoms with Crippen molar-refractivity contribution in [3.05, 3.63) is 75.2 Å². The van der Waals surface area contributed by atoms with Gasteiger partial charge in [0.2, 0.25) is 0 Å². The van der Waals surface area contributed by atoms with Gasteiger partial charge in [0.25, 0.3) is 11.8 Å². The highest BCUT2D eigenvalue weighted by atomic mass is 16.4. The van der Waals surface area contributed by atoms with E-state index in [-0.39, 0.29) is 36.4 Å². The molecular formula is C20H21N5O5. The molecule has 0 spiro atoms. The van der Waals surface area contributed by atoms with Crippen LogP contribution in [0, 0.1) is 6.92 Å². The highest BCUT2D eigenvalue weighted by Crippen LogP contribution is 2.18. The Hall–Kier alpha value is -4.04. The first-order valence-electron chi connectivity index (χ1n) is 9.00. The first-order valence-corrected chi connectivity index (χ1v) is 9.00. The summed E-state index contributed by atoms with van der Waals surface area (Å²) in [5.41, 5.74) is 10.4. The minimum atomic E-state index is -1.13. The van der Waals surface area contributed by atoms with Crippen molar-refractivity contribution >= 4 is 17.8 Å². The molecule has 0 heterocycles. The lowest BCUT2D eigenvalue weighted by molar-refractivity contribution is -0.137. The van der Waals surface area contributed by atoms with Gasteiger partial charge in [0.1, 0.15) is 5.75 Å². The van der Waals surface area contributed by atoms with Crippen LogP contribution in [0.4, 0.5) is 0 Å². The first-order chi connectivity index (χ1) is 14.3. The molecule has 0 bridgehead atoms. The molecule has 10 nitrogen and oxygen atoms in total. The van der Waals surface area contributed by atoms with Crippen molar-refractivity contribution in [2.75, 3.05) is 6.54 Å². The Balaban J connectivity index is 1.97. The van der Waals surface area contributed by atoms with Gasteiger partial charge in [-0.15, -0.1) is 0 Å². The third-order valence-corrected chi connectivity index (χ3v) is 4.19. The van der Waals surface area contributed by atoms with E-state index in [0.29, 0.717) is 0 Å². The van der Waals surface area contributed by atoms with Gasteiger partial charge < -0.3 is 20.8 Å². The van der Waals surface area contributed by atoms with E-state index in [1.54, 1.807) is 24.3 Å². The Kier molecular flexibility index (Phi) is 7.78. The van der Waals surface area contributed by atoms with E-state index in [1.807, 2.05) is 6.92 Å². The highest BCUT2D eigenvalue weighted by molar-refractivity contribution is 5.97. The van der Waals surface area contributed by atoms with E-state index in [1.165, 1.54) is 18.2 Å². The van der Waals surface area contributed by atoms with Crippen LogP contribution in [0.2, 0.25) is 0 Å². The molecule has 2 rings (SSSR count). The minimum Gasteiger partial charge on any atom is -0.507 e. The summed E-state index contributed by atoms with van der Waals surface area (Å²) in [6.45, 7) is 1.82. The minimum absolute atomic E-state index is 0.109. The zero-order chi connectivity index (χ0) is 22.1. The van der Waals surface area contributed by atoms with Crippen LogP contribution in [0.25, 0.3) is 10.4 Å². The number of nitrogens with zero attached hydrogens (tertiary/aromatic N) is 3. The maximum Gasteiger partial charge on any atom is 0.305 e. The fraction of sp³-hybridized carbons (Fsp3) is 0.250. The number of phenols is 1. The third kappa shape index (κ3) is 6.54. The molecule has 0 aliphatic carbocycles. The van der Waals surface area contributed by atoms with Gasteiger partial charge in [-0.1, -0.05) is 28.9 Å². The molecule has 0 aliphatic rings. The molecule has 2 aromatic rings. The van der Waals surface area contributed by atoms with Gasteiger partial charge in [0, 0.05) is 29.6 Å². The molecule has 2 aromatic carbocycles. The molecule has 0 radical (unpaired) electrons. The monoisotopic (exact) mass is 411 g/mol. The van der Waals surface area contributed by atoms with Crippen LogP contribution >= 0.6 is 0 Å². The SMILES string of the molecule is Cc1ccc(O)c(C(=O)NCc2ccc(C(=O)N[C@H](CN=[N+]=[N-])CC(=O)O)cc2)c1.